The fourth-order valence-corrected chi connectivity index (χ4v) is 2.68. The highest BCUT2D eigenvalue weighted by Gasteiger charge is 2.15. The van der Waals surface area contributed by atoms with Gasteiger partial charge in [-0.1, -0.05) is 0 Å². The largest absolute Gasteiger partial charge is 0.352 e. The van der Waals surface area contributed by atoms with Crippen molar-refractivity contribution >= 4 is 11.6 Å². The number of nitro groups is 1. The molecule has 0 saturated carbocycles. The van der Waals surface area contributed by atoms with Crippen molar-refractivity contribution in [3.63, 3.8) is 0 Å². The Morgan fingerprint density at radius 3 is 2.61 bits per heavy atom. The molecule has 7 nitrogen and oxygen atoms in total. The highest BCUT2D eigenvalue weighted by Crippen LogP contribution is 2.18. The lowest BCUT2D eigenvalue weighted by Gasteiger charge is -2.32. The molecule has 2 rings (SSSR count). The smallest absolute Gasteiger partial charge is 0.272 e. The van der Waals surface area contributed by atoms with Gasteiger partial charge in [-0.25, -0.2) is 0 Å². The van der Waals surface area contributed by atoms with Crippen molar-refractivity contribution in [1.29, 1.82) is 0 Å². The number of likely N-dealkylation sites (N-methyl/N-ethyl adjacent to an activating group) is 1. The molecule has 0 aliphatic carbocycles. The topological polar surface area (TPSA) is 78.7 Å². The summed E-state index contributed by atoms with van der Waals surface area (Å²) in [5.41, 5.74) is 1.00. The van der Waals surface area contributed by atoms with Crippen molar-refractivity contribution in [3.05, 3.63) is 39.4 Å². The van der Waals surface area contributed by atoms with E-state index < -0.39 is 4.92 Å². The van der Waals surface area contributed by atoms with Gasteiger partial charge in [0.25, 0.3) is 11.6 Å². The number of hydrogen-bond acceptors (Lipinski definition) is 5. The van der Waals surface area contributed by atoms with Crippen LogP contribution in [0.1, 0.15) is 22.3 Å². The molecule has 1 saturated heterocycles. The van der Waals surface area contributed by atoms with E-state index in [1.807, 2.05) is 0 Å². The maximum atomic E-state index is 12.1. The van der Waals surface area contributed by atoms with Crippen molar-refractivity contribution in [2.45, 2.75) is 13.3 Å². The molecule has 0 unspecified atom stereocenters. The summed E-state index contributed by atoms with van der Waals surface area (Å²) in [6, 6.07) is 4.45. The summed E-state index contributed by atoms with van der Waals surface area (Å²) < 4.78 is 0. The van der Waals surface area contributed by atoms with Crippen LogP contribution in [0.15, 0.2) is 18.2 Å². The summed E-state index contributed by atoms with van der Waals surface area (Å²) in [5, 5.41) is 13.7. The standard InChI is InChI=1S/C16H24N4O3/c1-13-12-14(4-5-15(13)20(22)23)16(21)17-6-3-7-19-10-8-18(2)9-11-19/h4-5,12H,3,6-11H2,1-2H3,(H,17,21). The van der Waals surface area contributed by atoms with Crippen LogP contribution < -0.4 is 5.32 Å². The molecule has 0 radical (unpaired) electrons. The molecule has 1 aromatic carbocycles. The third-order valence-electron chi connectivity index (χ3n) is 4.19. The van der Waals surface area contributed by atoms with Crippen LogP contribution in [0.4, 0.5) is 5.69 Å². The van der Waals surface area contributed by atoms with Crippen LogP contribution in [0.25, 0.3) is 0 Å². The van der Waals surface area contributed by atoms with Crippen LogP contribution in [-0.4, -0.2) is 66.9 Å². The number of carbonyl (C=O) groups is 1. The highest BCUT2D eigenvalue weighted by atomic mass is 16.6. The second kappa shape index (κ2) is 8.03. The molecule has 0 spiro atoms. The Morgan fingerprint density at radius 1 is 1.30 bits per heavy atom. The van der Waals surface area contributed by atoms with E-state index in [0.29, 0.717) is 17.7 Å². The van der Waals surface area contributed by atoms with Gasteiger partial charge in [0.05, 0.1) is 4.92 Å². The molecule has 7 heteroatoms. The van der Waals surface area contributed by atoms with Crippen LogP contribution in [0, 0.1) is 17.0 Å². The van der Waals surface area contributed by atoms with E-state index in [0.717, 1.165) is 39.1 Å². The van der Waals surface area contributed by atoms with Crippen LogP contribution in [0.3, 0.4) is 0 Å². The van der Waals surface area contributed by atoms with Crippen molar-refractivity contribution in [2.24, 2.45) is 0 Å². The molecular formula is C16H24N4O3. The summed E-state index contributed by atoms with van der Waals surface area (Å²) in [6.45, 7) is 7.57. The Hall–Kier alpha value is -1.99. The summed E-state index contributed by atoms with van der Waals surface area (Å²) in [5.74, 6) is -0.179. The number of nitrogens with one attached hydrogen (secondary N) is 1. The van der Waals surface area contributed by atoms with Gasteiger partial charge in [0, 0.05) is 49.9 Å². The molecule has 1 fully saturated rings. The minimum absolute atomic E-state index is 0.0385. The van der Waals surface area contributed by atoms with Crippen molar-refractivity contribution in [3.8, 4) is 0 Å². The van der Waals surface area contributed by atoms with Gasteiger partial charge in [0.1, 0.15) is 0 Å². The fraction of sp³-hybridized carbons (Fsp3) is 0.562. The zero-order valence-corrected chi connectivity index (χ0v) is 13.7. The molecule has 1 aromatic rings. The number of piperazine rings is 1. The fourth-order valence-electron chi connectivity index (χ4n) is 2.68. The Labute approximate surface area is 136 Å². The third kappa shape index (κ3) is 5.01. The first kappa shape index (κ1) is 17.4. The number of aryl methyl sites for hydroxylation is 1. The SMILES string of the molecule is Cc1cc(C(=O)NCCCN2CCN(C)CC2)ccc1[N+](=O)[O-]. The Balaban J connectivity index is 1.74. The Kier molecular flexibility index (Phi) is 6.06. The van der Waals surface area contributed by atoms with Gasteiger partial charge in [-0.05, 0) is 39.1 Å². The first-order valence-electron chi connectivity index (χ1n) is 7.91. The maximum Gasteiger partial charge on any atom is 0.272 e. The van der Waals surface area contributed by atoms with E-state index in [4.69, 9.17) is 0 Å². The first-order chi connectivity index (χ1) is 11.0. The lowest BCUT2D eigenvalue weighted by molar-refractivity contribution is -0.385. The summed E-state index contributed by atoms with van der Waals surface area (Å²) in [6.07, 6.45) is 0.904. The molecule has 0 aromatic heterocycles. The highest BCUT2D eigenvalue weighted by molar-refractivity contribution is 5.94. The Bertz CT molecular complexity index is 568. The molecular weight excluding hydrogens is 296 g/mol. The number of nitrogens with zero attached hydrogens (tertiary/aromatic N) is 3. The van der Waals surface area contributed by atoms with Gasteiger partial charge < -0.3 is 15.1 Å². The first-order valence-corrected chi connectivity index (χ1v) is 7.91. The number of hydrogen-bond donors (Lipinski definition) is 1. The lowest BCUT2D eigenvalue weighted by atomic mass is 10.1. The van der Waals surface area contributed by atoms with Gasteiger partial charge in [0.15, 0.2) is 0 Å². The van der Waals surface area contributed by atoms with E-state index >= 15 is 0 Å². The number of nitro benzene ring substituents is 1. The second-order valence-electron chi connectivity index (χ2n) is 6.01. The third-order valence-corrected chi connectivity index (χ3v) is 4.19. The Morgan fingerprint density at radius 2 is 2.00 bits per heavy atom. The van der Waals surface area contributed by atoms with Gasteiger partial charge in [-0.3, -0.25) is 14.9 Å². The zero-order valence-electron chi connectivity index (χ0n) is 13.7. The maximum absolute atomic E-state index is 12.1. The molecule has 0 bridgehead atoms. The van der Waals surface area contributed by atoms with Crippen LogP contribution >= 0.6 is 0 Å². The minimum Gasteiger partial charge on any atom is -0.352 e. The van der Waals surface area contributed by atoms with Crippen molar-refractivity contribution in [2.75, 3.05) is 46.3 Å². The van der Waals surface area contributed by atoms with E-state index in [1.54, 1.807) is 13.0 Å². The molecule has 1 aliphatic rings. The molecule has 126 valence electrons. The number of carbonyl (C=O) groups excluding carboxylic acids is 1. The summed E-state index contributed by atoms with van der Waals surface area (Å²) in [7, 11) is 2.13. The predicted octanol–water partition coefficient (Wildman–Crippen LogP) is 1.27. The van der Waals surface area contributed by atoms with Crippen molar-refractivity contribution in [1.82, 2.24) is 15.1 Å². The lowest BCUT2D eigenvalue weighted by Crippen LogP contribution is -2.45. The van der Waals surface area contributed by atoms with Gasteiger partial charge in [-0.15, -0.1) is 0 Å². The molecule has 1 heterocycles. The zero-order chi connectivity index (χ0) is 16.8. The van der Waals surface area contributed by atoms with Crippen LogP contribution in [0.2, 0.25) is 0 Å². The second-order valence-corrected chi connectivity index (χ2v) is 6.01. The van der Waals surface area contributed by atoms with E-state index in [-0.39, 0.29) is 11.6 Å². The van der Waals surface area contributed by atoms with E-state index in [2.05, 4.69) is 22.2 Å². The summed E-state index contributed by atoms with van der Waals surface area (Å²) >= 11 is 0. The number of amides is 1. The quantitative estimate of drug-likeness (QED) is 0.485. The van der Waals surface area contributed by atoms with Crippen LogP contribution in [0.5, 0.6) is 0 Å². The number of benzene rings is 1. The van der Waals surface area contributed by atoms with Crippen LogP contribution in [-0.2, 0) is 0 Å². The van der Waals surface area contributed by atoms with Gasteiger partial charge in [0.2, 0.25) is 0 Å². The average Bonchev–Trinajstić information content (AvgIpc) is 2.52. The predicted molar refractivity (Wildman–Crippen MR) is 88.7 cm³/mol. The monoisotopic (exact) mass is 320 g/mol. The normalized spacial score (nSPS) is 16.3. The van der Waals surface area contributed by atoms with Gasteiger partial charge in [-0.2, -0.15) is 0 Å². The minimum atomic E-state index is -0.437. The molecule has 1 aliphatic heterocycles. The molecule has 1 amide bonds. The number of rotatable bonds is 6. The molecule has 23 heavy (non-hydrogen) atoms. The molecule has 1 N–H and O–H groups in total. The van der Waals surface area contributed by atoms with E-state index in [1.165, 1.54) is 12.1 Å². The van der Waals surface area contributed by atoms with E-state index in [9.17, 15) is 14.9 Å². The summed E-state index contributed by atoms with van der Waals surface area (Å²) in [4.78, 5) is 27.1. The molecule has 0 atom stereocenters. The van der Waals surface area contributed by atoms with Crippen molar-refractivity contribution < 1.29 is 9.72 Å². The van der Waals surface area contributed by atoms with Gasteiger partial charge >= 0.3 is 0 Å². The average molecular weight is 320 g/mol.